The Balaban J connectivity index is 4.28. The number of quaternary nitrogens is 1. The average Bonchev–Trinajstić information content (AvgIpc) is 3.17. The number of carbonyl (C=O) groups excluding carboxylic acids is 2. The number of carbonyl (C=O) groups is 2. The van der Waals surface area contributed by atoms with Gasteiger partial charge in [-0.2, -0.15) is 0 Å². The minimum Gasteiger partial charge on any atom is -0.756 e. The molecule has 0 aromatic carbocycles. The van der Waals surface area contributed by atoms with Gasteiger partial charge in [0.2, 0.25) is 0 Å². The highest BCUT2D eigenvalue weighted by Crippen LogP contribution is 2.38. The Morgan fingerprint density at radius 2 is 0.931 bits per heavy atom. The van der Waals surface area contributed by atoms with Gasteiger partial charge in [-0.15, -0.1) is 0 Å². The van der Waals surface area contributed by atoms with Gasteiger partial charge < -0.3 is 27.9 Å². The van der Waals surface area contributed by atoms with Crippen LogP contribution in [-0.4, -0.2) is 70.0 Å². The van der Waals surface area contributed by atoms with E-state index in [1.54, 1.807) is 0 Å². The predicted molar refractivity (Wildman–Crippen MR) is 241 cm³/mol. The van der Waals surface area contributed by atoms with Gasteiger partial charge in [0.25, 0.3) is 7.82 Å². The zero-order chi connectivity index (χ0) is 42.8. The second kappa shape index (κ2) is 40.9. The lowest BCUT2D eigenvalue weighted by molar-refractivity contribution is -0.870. The Morgan fingerprint density at radius 3 is 1.40 bits per heavy atom. The molecular weight excluding hydrogens is 750 g/mol. The van der Waals surface area contributed by atoms with Gasteiger partial charge in [-0.1, -0.05) is 186 Å². The van der Waals surface area contributed by atoms with Crippen LogP contribution in [0.3, 0.4) is 0 Å². The minimum atomic E-state index is -4.63. The number of phosphoric acid groups is 1. The third kappa shape index (κ3) is 44.1. The summed E-state index contributed by atoms with van der Waals surface area (Å²) in [6, 6.07) is 0. The number of likely N-dealkylation sites (N-methyl/N-ethyl adjacent to an activating group) is 1. The molecule has 0 saturated carbocycles. The summed E-state index contributed by atoms with van der Waals surface area (Å²) in [5.74, 6) is -0.841. The molecule has 0 bridgehead atoms. The van der Waals surface area contributed by atoms with Crippen LogP contribution >= 0.6 is 7.82 Å². The van der Waals surface area contributed by atoms with E-state index >= 15 is 0 Å². The summed E-state index contributed by atoms with van der Waals surface area (Å²) < 4.78 is 34.0. The van der Waals surface area contributed by atoms with Crippen LogP contribution in [0.2, 0.25) is 0 Å². The van der Waals surface area contributed by atoms with E-state index in [0.29, 0.717) is 23.9 Å². The fourth-order valence-corrected chi connectivity index (χ4v) is 7.41. The number of ether oxygens (including phenoxy) is 2. The molecule has 0 aromatic rings. The van der Waals surface area contributed by atoms with E-state index in [-0.39, 0.29) is 26.1 Å². The molecule has 0 spiro atoms. The van der Waals surface area contributed by atoms with Crippen LogP contribution in [0, 0.1) is 0 Å². The summed E-state index contributed by atoms with van der Waals surface area (Å²) in [6.07, 6.45) is 44.9. The van der Waals surface area contributed by atoms with Crippen molar-refractivity contribution < 1.29 is 42.1 Å². The molecule has 1 unspecified atom stereocenters. The first-order chi connectivity index (χ1) is 28.0. The maximum Gasteiger partial charge on any atom is 0.306 e. The van der Waals surface area contributed by atoms with Gasteiger partial charge in [0.1, 0.15) is 19.8 Å². The van der Waals surface area contributed by atoms with E-state index in [0.717, 1.165) is 51.4 Å². The summed E-state index contributed by atoms with van der Waals surface area (Å²) in [5, 5.41) is 0. The molecule has 0 rings (SSSR count). The molecule has 342 valence electrons. The molecule has 0 heterocycles. The van der Waals surface area contributed by atoms with Crippen LogP contribution in [0.4, 0.5) is 0 Å². The SMILES string of the molecule is CCCCC/C=C\C/C=C\CCCCCCCC(=O)OC[C@H](COP(=O)([O-])OCC[N+](C)(C)C)OC(=O)CCCCCCCCCCCCCCCCCCCCC. The highest BCUT2D eigenvalue weighted by molar-refractivity contribution is 7.45. The lowest BCUT2D eigenvalue weighted by Gasteiger charge is -2.28. The first kappa shape index (κ1) is 56.5. The van der Waals surface area contributed by atoms with Crippen molar-refractivity contribution in [2.45, 2.75) is 225 Å². The smallest absolute Gasteiger partial charge is 0.306 e. The zero-order valence-corrected chi connectivity index (χ0v) is 39.4. The number of phosphoric ester groups is 1. The number of allylic oxidation sites excluding steroid dienone is 4. The first-order valence-corrected chi connectivity index (χ1v) is 25.5. The number of nitrogens with zero attached hydrogens (tertiary/aromatic N) is 1. The van der Waals surface area contributed by atoms with E-state index in [4.69, 9.17) is 18.5 Å². The predicted octanol–water partition coefficient (Wildman–Crippen LogP) is 13.3. The van der Waals surface area contributed by atoms with E-state index in [2.05, 4.69) is 38.2 Å². The van der Waals surface area contributed by atoms with Crippen molar-refractivity contribution in [2.75, 3.05) is 47.5 Å². The van der Waals surface area contributed by atoms with Crippen molar-refractivity contribution in [3.63, 3.8) is 0 Å². The van der Waals surface area contributed by atoms with Crippen LogP contribution in [0.1, 0.15) is 219 Å². The van der Waals surface area contributed by atoms with Gasteiger partial charge in [-0.05, 0) is 44.9 Å². The Bertz CT molecular complexity index is 1040. The zero-order valence-electron chi connectivity index (χ0n) is 38.5. The molecule has 10 heteroatoms. The third-order valence-corrected chi connectivity index (χ3v) is 11.4. The summed E-state index contributed by atoms with van der Waals surface area (Å²) in [7, 11) is 1.17. The van der Waals surface area contributed by atoms with E-state index in [1.807, 2.05) is 21.1 Å². The van der Waals surface area contributed by atoms with Gasteiger partial charge in [0, 0.05) is 12.8 Å². The van der Waals surface area contributed by atoms with Crippen LogP contribution < -0.4 is 4.89 Å². The summed E-state index contributed by atoms with van der Waals surface area (Å²) >= 11 is 0. The molecule has 58 heavy (non-hydrogen) atoms. The normalized spacial score (nSPS) is 13.7. The van der Waals surface area contributed by atoms with E-state index < -0.39 is 32.5 Å². The topological polar surface area (TPSA) is 111 Å². The van der Waals surface area contributed by atoms with Gasteiger partial charge >= 0.3 is 11.9 Å². The van der Waals surface area contributed by atoms with Gasteiger partial charge in [0.15, 0.2) is 6.10 Å². The van der Waals surface area contributed by atoms with Crippen LogP contribution in [-0.2, 0) is 32.7 Å². The molecular formula is C48H92NO8P. The minimum absolute atomic E-state index is 0.0311. The van der Waals surface area contributed by atoms with Crippen molar-refractivity contribution in [3.05, 3.63) is 24.3 Å². The maximum atomic E-state index is 12.7. The molecule has 2 atom stereocenters. The Labute approximate surface area is 358 Å². The fourth-order valence-electron chi connectivity index (χ4n) is 6.69. The molecule has 0 fully saturated rings. The van der Waals surface area contributed by atoms with Gasteiger partial charge in [-0.25, -0.2) is 0 Å². The largest absolute Gasteiger partial charge is 0.756 e. The molecule has 0 radical (unpaired) electrons. The molecule has 0 amide bonds. The molecule has 9 nitrogen and oxygen atoms in total. The van der Waals surface area contributed by atoms with E-state index in [9.17, 15) is 19.0 Å². The van der Waals surface area contributed by atoms with Crippen molar-refractivity contribution in [1.82, 2.24) is 0 Å². The highest BCUT2D eigenvalue weighted by Gasteiger charge is 2.21. The summed E-state index contributed by atoms with van der Waals surface area (Å²) in [5.41, 5.74) is 0. The second-order valence-corrected chi connectivity index (χ2v) is 18.9. The molecule has 0 aliphatic carbocycles. The molecule has 0 saturated heterocycles. The number of esters is 2. The monoisotopic (exact) mass is 842 g/mol. The number of rotatable bonds is 44. The lowest BCUT2D eigenvalue weighted by atomic mass is 10.0. The van der Waals surface area contributed by atoms with Gasteiger partial charge in [0.05, 0.1) is 27.7 Å². The standard InChI is InChI=1S/C48H92NO8P/c1-6-8-10-12-14-16-18-20-22-23-24-25-27-29-31-33-35-37-39-41-48(51)57-46(45-56-58(52,53)55-43-42-49(3,4)5)44-54-47(50)40-38-36-34-32-30-28-26-21-19-17-15-13-11-9-7-2/h15,17,21,26,46H,6-14,16,18-20,22-25,27-45H2,1-5H3/b17-15-,26-21-/t46-/m1/s1. The van der Waals surface area contributed by atoms with Crippen LogP contribution in [0.25, 0.3) is 0 Å². The first-order valence-electron chi connectivity index (χ1n) is 24.0. The van der Waals surface area contributed by atoms with Crippen molar-refractivity contribution in [1.29, 1.82) is 0 Å². The van der Waals surface area contributed by atoms with Crippen LogP contribution in [0.5, 0.6) is 0 Å². The number of unbranched alkanes of at least 4 members (excludes halogenated alkanes) is 26. The molecule has 0 N–H and O–H groups in total. The van der Waals surface area contributed by atoms with Crippen molar-refractivity contribution in [2.24, 2.45) is 0 Å². The Hall–Kier alpha value is -1.51. The van der Waals surface area contributed by atoms with Crippen LogP contribution in [0.15, 0.2) is 24.3 Å². The second-order valence-electron chi connectivity index (χ2n) is 17.5. The Kier molecular flexibility index (Phi) is 39.8. The Morgan fingerprint density at radius 1 is 0.534 bits per heavy atom. The molecule has 0 aliphatic heterocycles. The number of hydrogen-bond acceptors (Lipinski definition) is 8. The van der Waals surface area contributed by atoms with Crippen molar-refractivity contribution >= 4 is 19.8 Å². The van der Waals surface area contributed by atoms with Crippen molar-refractivity contribution in [3.8, 4) is 0 Å². The van der Waals surface area contributed by atoms with E-state index in [1.165, 1.54) is 128 Å². The van der Waals surface area contributed by atoms with Gasteiger partial charge in [-0.3, -0.25) is 14.2 Å². The average molecular weight is 842 g/mol. The summed E-state index contributed by atoms with van der Waals surface area (Å²) in [4.78, 5) is 37.6. The maximum absolute atomic E-state index is 12.7. The molecule has 0 aromatic heterocycles. The summed E-state index contributed by atoms with van der Waals surface area (Å²) in [6.45, 7) is 4.22. The third-order valence-electron chi connectivity index (χ3n) is 10.5. The highest BCUT2D eigenvalue weighted by atomic mass is 31.2. The fraction of sp³-hybridized carbons (Fsp3) is 0.875. The lowest BCUT2D eigenvalue weighted by Crippen LogP contribution is -2.37. The number of hydrogen-bond donors (Lipinski definition) is 0. The molecule has 0 aliphatic rings. The quantitative estimate of drug-likeness (QED) is 0.0196.